The molecular weight excluding hydrogens is 488 g/mol. The first-order valence-electron chi connectivity index (χ1n) is 12.8. The molecule has 3 atom stereocenters. The largest absolute Gasteiger partial charge is 0.491 e. The number of benzene rings is 1. The first kappa shape index (κ1) is 28.6. The lowest BCUT2D eigenvalue weighted by Crippen LogP contribution is -2.57. The molecule has 3 amide bonds. The van der Waals surface area contributed by atoms with Gasteiger partial charge in [0, 0.05) is 25.6 Å². The number of nitrogens with one attached hydrogen (secondary N) is 2. The Balaban J connectivity index is 1.78. The zero-order valence-corrected chi connectivity index (χ0v) is 24.0. The number of nitrogens with zero attached hydrogens (tertiary/aromatic N) is 2. The number of hydrogen-bond donors (Lipinski definition) is 2. The number of thiazole rings is 1. The Kier molecular flexibility index (Phi) is 9.00. The Morgan fingerprint density at radius 1 is 1.24 bits per heavy atom. The second kappa shape index (κ2) is 11.6. The van der Waals surface area contributed by atoms with Gasteiger partial charge in [-0.25, -0.2) is 4.98 Å². The Morgan fingerprint density at radius 2 is 1.95 bits per heavy atom. The van der Waals surface area contributed by atoms with Crippen molar-refractivity contribution >= 4 is 29.1 Å². The van der Waals surface area contributed by atoms with Gasteiger partial charge in [-0.2, -0.15) is 0 Å². The zero-order chi connectivity index (χ0) is 27.5. The number of amides is 3. The number of aromatic nitrogens is 1. The van der Waals surface area contributed by atoms with Crippen LogP contribution in [0.4, 0.5) is 0 Å². The van der Waals surface area contributed by atoms with Gasteiger partial charge < -0.3 is 20.3 Å². The molecule has 1 saturated heterocycles. The highest BCUT2D eigenvalue weighted by Crippen LogP contribution is 2.33. The summed E-state index contributed by atoms with van der Waals surface area (Å²) in [7, 11) is 0. The van der Waals surface area contributed by atoms with Crippen LogP contribution in [-0.4, -0.2) is 52.3 Å². The Hall–Kier alpha value is -2.94. The van der Waals surface area contributed by atoms with Gasteiger partial charge >= 0.3 is 0 Å². The van der Waals surface area contributed by atoms with Crippen LogP contribution >= 0.6 is 11.3 Å². The first-order chi connectivity index (χ1) is 17.3. The number of carbonyl (C=O) groups is 3. The van der Waals surface area contributed by atoms with Gasteiger partial charge in [0.25, 0.3) is 0 Å². The van der Waals surface area contributed by atoms with Crippen molar-refractivity contribution in [2.45, 2.75) is 86.5 Å². The summed E-state index contributed by atoms with van der Waals surface area (Å²) >= 11 is 1.58. The molecule has 9 heteroatoms. The van der Waals surface area contributed by atoms with Crippen LogP contribution in [0.1, 0.15) is 66.1 Å². The van der Waals surface area contributed by atoms with E-state index in [2.05, 4.69) is 15.6 Å². The lowest BCUT2D eigenvalue weighted by Gasteiger charge is -2.35. The minimum Gasteiger partial charge on any atom is -0.491 e. The first-order valence-corrected chi connectivity index (χ1v) is 13.7. The fourth-order valence-electron chi connectivity index (χ4n) is 4.64. The van der Waals surface area contributed by atoms with E-state index in [0.29, 0.717) is 18.7 Å². The third kappa shape index (κ3) is 7.09. The molecule has 1 aliphatic rings. The minimum absolute atomic E-state index is 0.0286. The zero-order valence-electron chi connectivity index (χ0n) is 23.2. The predicted octanol–water partition coefficient (Wildman–Crippen LogP) is 4.31. The van der Waals surface area contributed by atoms with E-state index in [0.717, 1.165) is 21.7 Å². The third-order valence-corrected chi connectivity index (χ3v) is 7.42. The molecule has 0 saturated carbocycles. The summed E-state index contributed by atoms with van der Waals surface area (Å²) in [5.41, 5.74) is 4.19. The van der Waals surface area contributed by atoms with Crippen LogP contribution in [0.2, 0.25) is 0 Å². The number of ether oxygens (including phenoxy) is 1. The molecule has 0 aliphatic carbocycles. The fourth-order valence-corrected chi connectivity index (χ4v) is 5.44. The van der Waals surface area contributed by atoms with Gasteiger partial charge in [0.2, 0.25) is 17.7 Å². The molecule has 2 heterocycles. The molecule has 1 aromatic carbocycles. The number of aryl methyl sites for hydroxylation is 1. The van der Waals surface area contributed by atoms with E-state index in [1.54, 1.807) is 16.2 Å². The van der Waals surface area contributed by atoms with Crippen molar-refractivity contribution < 1.29 is 19.1 Å². The highest BCUT2D eigenvalue weighted by molar-refractivity contribution is 7.13. The van der Waals surface area contributed by atoms with Crippen LogP contribution in [-0.2, 0) is 20.9 Å². The number of rotatable bonds is 8. The summed E-state index contributed by atoms with van der Waals surface area (Å²) in [4.78, 5) is 45.8. The standard InChI is InChI=1S/C28H40N4O4S/c1-16(2)36-23-12-20(24-18(4)30-15-37-24)9-10-21(23)13-29-26(34)22-11-17(3)14-32(22)27(35)25(28(6,7)8)31-19(5)33/h9-10,12,15-17,22,25H,11,13-14H2,1-8H3,(H,29,34)(H,31,33)/t17-,22+,25-/m1/s1. The van der Waals surface area contributed by atoms with Crippen molar-refractivity contribution in [2.24, 2.45) is 11.3 Å². The van der Waals surface area contributed by atoms with Crippen molar-refractivity contribution in [2.75, 3.05) is 6.54 Å². The smallest absolute Gasteiger partial charge is 0.246 e. The Morgan fingerprint density at radius 3 is 2.51 bits per heavy atom. The van der Waals surface area contributed by atoms with Crippen molar-refractivity contribution in [1.29, 1.82) is 0 Å². The van der Waals surface area contributed by atoms with E-state index in [9.17, 15) is 14.4 Å². The molecule has 1 aliphatic heterocycles. The van der Waals surface area contributed by atoms with Crippen LogP contribution in [0, 0.1) is 18.3 Å². The van der Waals surface area contributed by atoms with Gasteiger partial charge in [-0.15, -0.1) is 11.3 Å². The van der Waals surface area contributed by atoms with Gasteiger partial charge in [0.05, 0.1) is 22.2 Å². The van der Waals surface area contributed by atoms with E-state index < -0.39 is 17.5 Å². The summed E-state index contributed by atoms with van der Waals surface area (Å²) in [6.45, 7) is 15.9. The maximum absolute atomic E-state index is 13.5. The van der Waals surface area contributed by atoms with E-state index >= 15 is 0 Å². The molecule has 0 spiro atoms. The molecule has 1 fully saturated rings. The van der Waals surface area contributed by atoms with E-state index in [1.807, 2.05) is 72.2 Å². The van der Waals surface area contributed by atoms with E-state index in [-0.39, 0.29) is 36.3 Å². The predicted molar refractivity (Wildman–Crippen MR) is 146 cm³/mol. The quantitative estimate of drug-likeness (QED) is 0.532. The lowest BCUT2D eigenvalue weighted by atomic mass is 9.85. The van der Waals surface area contributed by atoms with Gasteiger partial charge in [-0.05, 0) is 50.2 Å². The molecule has 202 valence electrons. The number of hydrogen-bond acceptors (Lipinski definition) is 6. The van der Waals surface area contributed by atoms with Crippen molar-refractivity contribution in [1.82, 2.24) is 20.5 Å². The topological polar surface area (TPSA) is 101 Å². The summed E-state index contributed by atoms with van der Waals surface area (Å²) < 4.78 is 6.09. The molecule has 1 aromatic heterocycles. The van der Waals surface area contributed by atoms with Crippen LogP contribution in [0.3, 0.4) is 0 Å². The highest BCUT2D eigenvalue weighted by Gasteiger charge is 2.43. The van der Waals surface area contributed by atoms with Gasteiger partial charge in [0.15, 0.2) is 0 Å². The molecule has 2 N–H and O–H groups in total. The normalized spacial score (nSPS) is 18.6. The average molecular weight is 529 g/mol. The SMILES string of the molecule is CC(=O)N[C@H](C(=O)N1C[C@H](C)C[C@H]1C(=O)NCc1ccc(-c2scnc2C)cc1OC(C)C)C(C)(C)C. The molecule has 8 nitrogen and oxygen atoms in total. The number of likely N-dealkylation sites (tertiary alicyclic amines) is 1. The van der Waals surface area contributed by atoms with Gasteiger partial charge in [-0.1, -0.05) is 39.8 Å². The van der Waals surface area contributed by atoms with Gasteiger partial charge in [0.1, 0.15) is 17.8 Å². The minimum atomic E-state index is -0.709. The molecule has 0 unspecified atom stereocenters. The molecule has 37 heavy (non-hydrogen) atoms. The fraction of sp³-hybridized carbons (Fsp3) is 0.571. The van der Waals surface area contributed by atoms with Crippen LogP contribution < -0.4 is 15.4 Å². The average Bonchev–Trinajstić information content (AvgIpc) is 3.40. The second-order valence-electron chi connectivity index (χ2n) is 11.3. The Labute approximate surface area is 224 Å². The molecule has 0 radical (unpaired) electrons. The summed E-state index contributed by atoms with van der Waals surface area (Å²) in [5, 5.41) is 5.83. The second-order valence-corrected chi connectivity index (χ2v) is 12.2. The lowest BCUT2D eigenvalue weighted by molar-refractivity contribution is -0.143. The van der Waals surface area contributed by atoms with Crippen molar-refractivity contribution in [3.63, 3.8) is 0 Å². The van der Waals surface area contributed by atoms with Crippen molar-refractivity contribution in [3.8, 4) is 16.2 Å². The van der Waals surface area contributed by atoms with Crippen LogP contribution in [0.15, 0.2) is 23.7 Å². The van der Waals surface area contributed by atoms with Crippen molar-refractivity contribution in [3.05, 3.63) is 35.0 Å². The number of carbonyl (C=O) groups excluding carboxylic acids is 3. The maximum Gasteiger partial charge on any atom is 0.246 e. The summed E-state index contributed by atoms with van der Waals surface area (Å²) in [6.07, 6.45) is 0.548. The monoisotopic (exact) mass is 528 g/mol. The summed E-state index contributed by atoms with van der Waals surface area (Å²) in [6, 6.07) is 4.69. The van der Waals surface area contributed by atoms with E-state index in [1.165, 1.54) is 6.92 Å². The van der Waals surface area contributed by atoms with Crippen LogP contribution in [0.25, 0.3) is 10.4 Å². The molecule has 2 aromatic rings. The van der Waals surface area contributed by atoms with Crippen LogP contribution in [0.5, 0.6) is 5.75 Å². The van der Waals surface area contributed by atoms with E-state index in [4.69, 9.17) is 4.74 Å². The molecule has 0 bridgehead atoms. The maximum atomic E-state index is 13.5. The third-order valence-electron chi connectivity index (χ3n) is 6.45. The molecule has 3 rings (SSSR count). The molecular formula is C28H40N4O4S. The highest BCUT2D eigenvalue weighted by atomic mass is 32.1. The van der Waals surface area contributed by atoms with Gasteiger partial charge in [-0.3, -0.25) is 14.4 Å². The Bertz CT molecular complexity index is 1140. The summed E-state index contributed by atoms with van der Waals surface area (Å²) in [5.74, 6) is 0.203.